The number of nitrogens with one attached hydrogen (secondary N) is 2. The molecule has 406 valence electrons. The van der Waals surface area contributed by atoms with Crippen LogP contribution >= 0.6 is 11.6 Å². The lowest BCUT2D eigenvalue weighted by atomic mass is 9.87. The number of anilines is 2. The highest BCUT2D eigenvalue weighted by molar-refractivity contribution is 6.32. The zero-order valence-electron chi connectivity index (χ0n) is 43.5. The maximum absolute atomic E-state index is 14.3. The molecule has 7 aromatic rings. The number of aliphatic hydroxyl groups is 1. The summed E-state index contributed by atoms with van der Waals surface area (Å²) in [4.78, 5) is 55.5. The van der Waals surface area contributed by atoms with Crippen LogP contribution in [-0.4, -0.2) is 131 Å². The normalized spacial score (nSPS) is 23.3. The van der Waals surface area contributed by atoms with E-state index < -0.39 is 29.9 Å². The zero-order valence-corrected chi connectivity index (χ0v) is 44.3. The Kier molecular flexibility index (Phi) is 14.4. The first-order chi connectivity index (χ1) is 37.9. The van der Waals surface area contributed by atoms with Gasteiger partial charge in [0, 0.05) is 79.3 Å². The average Bonchev–Trinajstić information content (AvgIpc) is 4.25. The number of phenolic OH excluding ortho intramolecular Hbond substituents is 1. The minimum Gasteiger partial charge on any atom is -0.507 e. The summed E-state index contributed by atoms with van der Waals surface area (Å²) in [5.74, 6) is -0.620. The highest BCUT2D eigenvalue weighted by atomic mass is 35.5. The first kappa shape index (κ1) is 51.4. The van der Waals surface area contributed by atoms with Crippen molar-refractivity contribution in [2.45, 2.75) is 120 Å². The fraction of sp³-hybridized carbons (Fsp3) is 0.431. The minimum atomic E-state index is -1.02. The van der Waals surface area contributed by atoms with Crippen LogP contribution < -0.4 is 24.9 Å². The first-order valence-electron chi connectivity index (χ1n) is 27.3. The van der Waals surface area contributed by atoms with Gasteiger partial charge in [0.2, 0.25) is 11.9 Å². The fourth-order valence-corrected chi connectivity index (χ4v) is 12.9. The Morgan fingerprint density at radius 1 is 0.859 bits per heavy atom. The number of piperidine rings is 1. The molecule has 4 saturated heterocycles. The molecule has 2 amide bonds. The van der Waals surface area contributed by atoms with Gasteiger partial charge in [0.25, 0.3) is 11.8 Å². The van der Waals surface area contributed by atoms with Crippen LogP contribution in [0.4, 0.5) is 16.0 Å². The van der Waals surface area contributed by atoms with Crippen LogP contribution in [0.25, 0.3) is 33.4 Å². The van der Waals surface area contributed by atoms with Gasteiger partial charge in [-0.25, -0.2) is 14.4 Å². The molecular weight excluding hydrogens is 1020 g/mol. The van der Waals surface area contributed by atoms with Crippen molar-refractivity contribution in [3.63, 3.8) is 0 Å². The van der Waals surface area contributed by atoms with Crippen LogP contribution in [0.5, 0.6) is 17.4 Å². The Morgan fingerprint density at radius 3 is 2.26 bits per heavy atom. The maximum atomic E-state index is 14.3. The molecule has 5 aliphatic rings. The summed E-state index contributed by atoms with van der Waals surface area (Å²) >= 11 is 6.92. The fourth-order valence-electron chi connectivity index (χ4n) is 12.7. The van der Waals surface area contributed by atoms with E-state index in [1.807, 2.05) is 38.2 Å². The number of piperazine rings is 1. The molecule has 1 saturated carbocycles. The van der Waals surface area contributed by atoms with E-state index in [9.17, 15) is 24.2 Å². The number of carbonyl (C=O) groups is 2. The van der Waals surface area contributed by atoms with Crippen LogP contribution in [0.3, 0.4) is 0 Å². The number of aromatic hydroxyl groups is 1. The predicted molar refractivity (Wildman–Crippen MR) is 291 cm³/mol. The number of likely N-dealkylation sites (tertiary alicyclic amines) is 2. The molecule has 2 bridgehead atoms. The number of carbonyl (C=O) groups excluding carboxylic acids is 2. The van der Waals surface area contributed by atoms with E-state index in [0.29, 0.717) is 40.1 Å². The largest absolute Gasteiger partial charge is 0.507 e. The lowest BCUT2D eigenvalue weighted by Crippen LogP contribution is -2.54. The lowest BCUT2D eigenvalue weighted by Gasteiger charge is -2.42. The number of amides is 2. The first-order valence-corrected chi connectivity index (χ1v) is 27.7. The molecule has 5 fully saturated rings. The van der Waals surface area contributed by atoms with Crippen molar-refractivity contribution < 1.29 is 38.3 Å². The molecule has 4 aliphatic heterocycles. The van der Waals surface area contributed by atoms with Gasteiger partial charge in [-0.3, -0.25) is 9.59 Å². The van der Waals surface area contributed by atoms with E-state index in [0.717, 1.165) is 100 Å². The molecule has 0 radical (unpaired) electrons. The number of halogens is 2. The number of phenols is 1. The molecule has 4 aromatic heterocycles. The van der Waals surface area contributed by atoms with Gasteiger partial charge in [-0.05, 0) is 129 Å². The van der Waals surface area contributed by atoms with Gasteiger partial charge in [0.05, 0.1) is 17.5 Å². The lowest BCUT2D eigenvalue weighted by molar-refractivity contribution is -0.143. The number of hydrogen-bond donors (Lipinski definition) is 4. The quantitative estimate of drug-likeness (QED) is 0.0750. The topological polar surface area (TPSA) is 211 Å². The van der Waals surface area contributed by atoms with Gasteiger partial charge in [-0.15, -0.1) is 10.2 Å². The van der Waals surface area contributed by atoms with Crippen molar-refractivity contribution in [1.82, 2.24) is 45.6 Å². The van der Waals surface area contributed by atoms with Gasteiger partial charge >= 0.3 is 0 Å². The number of H-pyrrole nitrogens is 1. The van der Waals surface area contributed by atoms with Crippen molar-refractivity contribution in [3.8, 4) is 39.8 Å². The van der Waals surface area contributed by atoms with E-state index in [1.54, 1.807) is 54.6 Å². The Morgan fingerprint density at radius 2 is 1.55 bits per heavy atom. The zero-order chi connectivity index (χ0) is 53.6. The van der Waals surface area contributed by atoms with Crippen LogP contribution in [0.15, 0.2) is 102 Å². The molecule has 12 rings (SSSR count). The van der Waals surface area contributed by atoms with Gasteiger partial charge in [0.15, 0.2) is 17.2 Å². The SMILES string of the molecule is CC(C)[C@@H](C(=O)N1C[C@H](O)C[C@H]1C(=O)NOc1ccc(-c2ccccc2F)cc1)c1onc(OC2CCC(N3CCC(c4cnc(N5C6CCC5CN(c5c[nH]c7nnc(-c8ccccc8O)cc57)C6)nc4)CC3)CC2)c1Cl. The van der Waals surface area contributed by atoms with Crippen molar-refractivity contribution in [1.29, 1.82) is 0 Å². The van der Waals surface area contributed by atoms with Gasteiger partial charge in [0.1, 0.15) is 34.7 Å². The second-order valence-electron chi connectivity index (χ2n) is 21.9. The average molecular weight is 1080 g/mol. The van der Waals surface area contributed by atoms with Crippen molar-refractivity contribution in [3.05, 3.63) is 120 Å². The highest BCUT2D eigenvalue weighted by Crippen LogP contribution is 2.42. The number of hydroxylamine groups is 1. The van der Waals surface area contributed by atoms with Crippen LogP contribution in [0, 0.1) is 11.7 Å². The summed E-state index contributed by atoms with van der Waals surface area (Å²) in [6.45, 7) is 7.35. The molecule has 18 nitrogen and oxygen atoms in total. The number of ether oxygens (including phenoxy) is 1. The third-order valence-electron chi connectivity index (χ3n) is 16.8. The Hall–Kier alpha value is -7.35. The van der Waals surface area contributed by atoms with Crippen LogP contribution in [0.2, 0.25) is 5.02 Å². The van der Waals surface area contributed by atoms with Crippen molar-refractivity contribution in [2.24, 2.45) is 5.92 Å². The summed E-state index contributed by atoms with van der Waals surface area (Å²) in [5, 5.41) is 35.3. The minimum absolute atomic E-state index is 0.0128. The summed E-state index contributed by atoms with van der Waals surface area (Å²) in [5.41, 5.74) is 7.81. The van der Waals surface area contributed by atoms with E-state index in [2.05, 4.69) is 52.9 Å². The Balaban J connectivity index is 0.609. The summed E-state index contributed by atoms with van der Waals surface area (Å²) < 4.78 is 26.5. The van der Waals surface area contributed by atoms with Crippen molar-refractivity contribution >= 4 is 46.1 Å². The molecule has 2 unspecified atom stereocenters. The summed E-state index contributed by atoms with van der Waals surface area (Å²) in [6, 6.07) is 22.2. The summed E-state index contributed by atoms with van der Waals surface area (Å²) in [7, 11) is 0. The highest BCUT2D eigenvalue weighted by Gasteiger charge is 2.46. The molecule has 8 heterocycles. The molecule has 5 atom stereocenters. The standard InChI is InChI=1S/C58H63ClFN11O7/c1-33(2)51(57(75)70-32-40(72)25-48(70)55(74)66-77-42-17-11-35(12-18-42)43-7-3-5-9-46(43)60)53-52(59)56(67-78-53)76-41-19-15-37(16-20-41)68-23-21-34(22-24-68)36-27-62-58(63-28-36)71-38-13-14-39(71)31-69(30-38)49-29-61-54-45(49)26-47(64-65-54)44-8-4-6-10-50(44)73/h3-12,17-18,26-29,33-34,37-41,48,51,72-73H,13-16,19-25,30-32H2,1-2H3,(H,61,65)(H,66,74)/t37?,38?,39?,40-,41?,48+,51-/m1/s1. The predicted octanol–water partition coefficient (Wildman–Crippen LogP) is 8.81. The number of aromatic nitrogens is 6. The van der Waals surface area contributed by atoms with Crippen molar-refractivity contribution in [2.75, 3.05) is 42.5 Å². The van der Waals surface area contributed by atoms with Crippen LogP contribution in [0.1, 0.15) is 94.8 Å². The molecular formula is C58H63ClFN11O7. The second kappa shape index (κ2) is 21.8. The second-order valence-corrected chi connectivity index (χ2v) is 22.3. The smallest absolute Gasteiger partial charge is 0.275 e. The molecule has 1 aliphatic carbocycles. The van der Waals surface area contributed by atoms with Gasteiger partial charge in [-0.1, -0.05) is 67.9 Å². The molecule has 20 heteroatoms. The number of aromatic amines is 1. The number of rotatable bonds is 14. The van der Waals surface area contributed by atoms with E-state index in [4.69, 9.17) is 35.7 Å². The van der Waals surface area contributed by atoms with Crippen LogP contribution in [-0.2, 0) is 9.59 Å². The third-order valence-corrected chi connectivity index (χ3v) is 17.1. The molecule has 4 N–H and O–H groups in total. The van der Waals surface area contributed by atoms with E-state index in [-0.39, 0.29) is 65.3 Å². The number of nitrogens with zero attached hydrogens (tertiary/aromatic N) is 9. The van der Waals surface area contributed by atoms with E-state index in [1.165, 1.54) is 16.5 Å². The number of β-amino-alcohol motifs (C(OH)–C–C–N with tert-alkyl or cyclic N) is 1. The number of hydrogen-bond acceptors (Lipinski definition) is 15. The monoisotopic (exact) mass is 1080 g/mol. The summed E-state index contributed by atoms with van der Waals surface area (Å²) in [6.07, 6.45) is 12.9. The maximum Gasteiger partial charge on any atom is 0.275 e. The Bertz CT molecular complexity index is 3260. The van der Waals surface area contributed by atoms with E-state index >= 15 is 0 Å². The molecule has 3 aromatic carbocycles. The van der Waals surface area contributed by atoms with Gasteiger partial charge in [-0.2, -0.15) is 5.48 Å². The number of fused-ring (bicyclic) bond motifs is 3. The molecule has 78 heavy (non-hydrogen) atoms. The Labute approximate surface area is 455 Å². The number of para-hydroxylation sites is 1. The number of aliphatic hydroxyl groups excluding tert-OH is 1. The number of benzene rings is 3. The third kappa shape index (κ3) is 10.2. The molecule has 0 spiro atoms. The van der Waals surface area contributed by atoms with Gasteiger partial charge < -0.3 is 48.9 Å².